The monoisotopic (exact) mass is 490 g/mol. The Balaban J connectivity index is 1.98. The summed E-state index contributed by atoms with van der Waals surface area (Å²) in [7, 11) is 1.32. The van der Waals surface area contributed by atoms with Gasteiger partial charge in [0, 0.05) is 20.1 Å². The normalized spacial score (nSPS) is 16.1. The summed E-state index contributed by atoms with van der Waals surface area (Å²) in [6, 6.07) is 8.50. The highest BCUT2D eigenvalue weighted by atomic mass is 19.4. The molecule has 13 heteroatoms. The SMILES string of the molecule is CC#CCn1c(N2CCNCC2OC(=O)C(F)(F)F)nc2c1c(=O)n(C)c(=O)n2-c1ccccc1. The molecule has 0 amide bonds. The van der Waals surface area contributed by atoms with E-state index in [4.69, 9.17) is 4.74 Å². The summed E-state index contributed by atoms with van der Waals surface area (Å²) in [6.45, 7) is 1.93. The lowest BCUT2D eigenvalue weighted by Crippen LogP contribution is -2.55. The zero-order chi connectivity index (χ0) is 25.3. The number of anilines is 1. The number of alkyl halides is 3. The second kappa shape index (κ2) is 9.30. The molecule has 1 atom stereocenters. The van der Waals surface area contributed by atoms with Gasteiger partial charge >= 0.3 is 17.8 Å². The highest BCUT2D eigenvalue weighted by Gasteiger charge is 2.44. The van der Waals surface area contributed by atoms with Crippen molar-refractivity contribution in [3.8, 4) is 17.5 Å². The van der Waals surface area contributed by atoms with Crippen molar-refractivity contribution in [1.82, 2.24) is 24.0 Å². The number of hydrogen-bond acceptors (Lipinski definition) is 7. The number of nitrogens with zero attached hydrogens (tertiary/aromatic N) is 5. The second-order valence-corrected chi connectivity index (χ2v) is 7.67. The van der Waals surface area contributed by atoms with Gasteiger partial charge < -0.3 is 15.0 Å². The molecule has 1 saturated heterocycles. The van der Waals surface area contributed by atoms with E-state index in [9.17, 15) is 27.6 Å². The molecule has 184 valence electrons. The van der Waals surface area contributed by atoms with Crippen LogP contribution in [0, 0.1) is 11.8 Å². The summed E-state index contributed by atoms with van der Waals surface area (Å²) in [4.78, 5) is 43.7. The minimum atomic E-state index is -5.18. The Morgan fingerprint density at radius 2 is 1.97 bits per heavy atom. The Bertz CT molecular complexity index is 1450. The van der Waals surface area contributed by atoms with E-state index < -0.39 is 29.6 Å². The van der Waals surface area contributed by atoms with Crippen LogP contribution >= 0.6 is 0 Å². The first kappa shape index (κ1) is 24.1. The largest absolute Gasteiger partial charge is 0.491 e. The average molecular weight is 490 g/mol. The molecule has 1 unspecified atom stereocenters. The van der Waals surface area contributed by atoms with Crippen LogP contribution in [-0.4, -0.2) is 56.7 Å². The van der Waals surface area contributed by atoms with Crippen LogP contribution < -0.4 is 21.5 Å². The number of imidazole rings is 1. The number of para-hydroxylation sites is 1. The Hall–Kier alpha value is -4.05. The van der Waals surface area contributed by atoms with Gasteiger partial charge in [-0.15, -0.1) is 5.92 Å². The molecule has 1 aliphatic rings. The zero-order valence-corrected chi connectivity index (χ0v) is 18.8. The molecule has 1 fully saturated rings. The van der Waals surface area contributed by atoms with Crippen molar-refractivity contribution in [2.24, 2.45) is 7.05 Å². The number of aromatic nitrogens is 4. The van der Waals surface area contributed by atoms with Gasteiger partial charge in [-0.3, -0.25) is 13.9 Å². The molecule has 0 saturated carbocycles. The van der Waals surface area contributed by atoms with E-state index in [-0.39, 0.29) is 36.7 Å². The van der Waals surface area contributed by atoms with E-state index in [1.807, 2.05) is 0 Å². The zero-order valence-electron chi connectivity index (χ0n) is 18.8. The highest BCUT2D eigenvalue weighted by molar-refractivity contribution is 5.78. The average Bonchev–Trinajstić information content (AvgIpc) is 3.20. The molecule has 0 aliphatic carbocycles. The first-order chi connectivity index (χ1) is 16.6. The van der Waals surface area contributed by atoms with Crippen molar-refractivity contribution >= 4 is 23.1 Å². The quantitative estimate of drug-likeness (QED) is 0.425. The number of benzene rings is 1. The number of carbonyl (C=O) groups excluding carboxylic acids is 1. The molecular weight excluding hydrogens is 469 g/mol. The van der Waals surface area contributed by atoms with Crippen molar-refractivity contribution in [2.45, 2.75) is 25.9 Å². The Labute approximate surface area is 196 Å². The Morgan fingerprint density at radius 1 is 1.26 bits per heavy atom. The van der Waals surface area contributed by atoms with Crippen molar-refractivity contribution in [2.75, 3.05) is 24.5 Å². The van der Waals surface area contributed by atoms with Gasteiger partial charge in [-0.05, 0) is 19.1 Å². The number of fused-ring (bicyclic) bond motifs is 1. The number of rotatable bonds is 4. The van der Waals surface area contributed by atoms with Gasteiger partial charge in [0.1, 0.15) is 0 Å². The maximum absolute atomic E-state index is 13.2. The van der Waals surface area contributed by atoms with Crippen molar-refractivity contribution < 1.29 is 22.7 Å². The number of halogens is 3. The third-order valence-corrected chi connectivity index (χ3v) is 5.48. The lowest BCUT2D eigenvalue weighted by molar-refractivity contribution is -0.205. The van der Waals surface area contributed by atoms with Crippen molar-refractivity contribution in [1.29, 1.82) is 0 Å². The van der Waals surface area contributed by atoms with E-state index in [0.717, 1.165) is 4.57 Å². The first-order valence-electron chi connectivity index (χ1n) is 10.6. The van der Waals surface area contributed by atoms with Crippen LogP contribution in [0.3, 0.4) is 0 Å². The lowest BCUT2D eigenvalue weighted by Gasteiger charge is -2.36. The second-order valence-electron chi connectivity index (χ2n) is 7.67. The molecule has 1 aliphatic heterocycles. The van der Waals surface area contributed by atoms with Gasteiger partial charge in [-0.25, -0.2) is 14.2 Å². The summed E-state index contributed by atoms with van der Waals surface area (Å²) in [5.74, 6) is 3.25. The van der Waals surface area contributed by atoms with Gasteiger partial charge in [-0.1, -0.05) is 24.1 Å². The minimum Gasteiger partial charge on any atom is -0.433 e. The van der Waals surface area contributed by atoms with Crippen molar-refractivity contribution in [3.05, 3.63) is 51.2 Å². The van der Waals surface area contributed by atoms with Crippen LogP contribution in [0.2, 0.25) is 0 Å². The topological polar surface area (TPSA) is 103 Å². The number of hydrogen-bond donors (Lipinski definition) is 1. The molecule has 2 aromatic heterocycles. The molecule has 0 spiro atoms. The van der Waals surface area contributed by atoms with Gasteiger partial charge in [0.15, 0.2) is 17.4 Å². The van der Waals surface area contributed by atoms with Crippen LogP contribution in [0.1, 0.15) is 6.92 Å². The van der Waals surface area contributed by atoms with Crippen LogP contribution in [0.25, 0.3) is 16.9 Å². The third-order valence-electron chi connectivity index (χ3n) is 5.48. The highest BCUT2D eigenvalue weighted by Crippen LogP contribution is 2.26. The molecule has 0 radical (unpaired) electrons. The maximum atomic E-state index is 13.2. The van der Waals surface area contributed by atoms with Crippen LogP contribution in [-0.2, 0) is 23.1 Å². The summed E-state index contributed by atoms with van der Waals surface area (Å²) in [6.07, 6.45) is -6.54. The minimum absolute atomic E-state index is 0.0108. The number of nitrogens with one attached hydrogen (secondary N) is 1. The fraction of sp³-hybridized carbons (Fsp3) is 0.364. The third kappa shape index (κ3) is 4.40. The van der Waals surface area contributed by atoms with E-state index in [0.29, 0.717) is 12.2 Å². The number of piperazine rings is 1. The summed E-state index contributed by atoms with van der Waals surface area (Å²) >= 11 is 0. The summed E-state index contributed by atoms with van der Waals surface area (Å²) < 4.78 is 47.0. The molecule has 10 nitrogen and oxygen atoms in total. The van der Waals surface area contributed by atoms with Gasteiger partial charge in [0.2, 0.25) is 5.95 Å². The van der Waals surface area contributed by atoms with E-state index in [2.05, 4.69) is 22.1 Å². The van der Waals surface area contributed by atoms with E-state index >= 15 is 0 Å². The molecule has 1 N–H and O–H groups in total. The standard InChI is InChI=1S/C22H21F3N6O4/c1-3-4-11-30-16-17(31(14-8-6-5-7-9-14)21(34)28(2)18(16)32)27-20(30)29-12-10-26-13-15(29)35-19(33)22(23,24)25/h5-9,15,26H,10-13H2,1-2H3. The predicted molar refractivity (Wildman–Crippen MR) is 120 cm³/mol. The molecule has 35 heavy (non-hydrogen) atoms. The lowest BCUT2D eigenvalue weighted by atomic mass is 10.3. The fourth-order valence-electron chi connectivity index (χ4n) is 3.82. The predicted octanol–water partition coefficient (Wildman–Crippen LogP) is 0.750. The number of ether oxygens (including phenoxy) is 1. The van der Waals surface area contributed by atoms with E-state index in [1.54, 1.807) is 37.3 Å². The van der Waals surface area contributed by atoms with E-state index in [1.165, 1.54) is 21.1 Å². The molecule has 3 heterocycles. The van der Waals surface area contributed by atoms with Crippen LogP contribution in [0.5, 0.6) is 0 Å². The smallest absolute Gasteiger partial charge is 0.433 e. The van der Waals surface area contributed by atoms with Gasteiger partial charge in [-0.2, -0.15) is 18.2 Å². The Morgan fingerprint density at radius 3 is 2.63 bits per heavy atom. The molecule has 0 bridgehead atoms. The number of carbonyl (C=O) groups is 1. The van der Waals surface area contributed by atoms with Crippen LogP contribution in [0.4, 0.5) is 19.1 Å². The van der Waals surface area contributed by atoms with Crippen molar-refractivity contribution in [3.63, 3.8) is 0 Å². The van der Waals surface area contributed by atoms with Gasteiger partial charge in [0.05, 0.1) is 18.8 Å². The Kier molecular flexibility index (Phi) is 6.40. The summed E-state index contributed by atoms with van der Waals surface area (Å²) in [5, 5.41) is 2.88. The molecule has 4 rings (SSSR count). The number of esters is 1. The van der Waals surface area contributed by atoms with Crippen LogP contribution in [0.15, 0.2) is 39.9 Å². The molecular formula is C22H21F3N6O4. The molecule has 1 aromatic carbocycles. The van der Waals surface area contributed by atoms with Gasteiger partial charge in [0.25, 0.3) is 5.56 Å². The summed E-state index contributed by atoms with van der Waals surface area (Å²) in [5.41, 5.74) is -0.805. The molecule has 3 aromatic rings. The fourth-order valence-corrected chi connectivity index (χ4v) is 3.82. The maximum Gasteiger partial charge on any atom is 0.491 e. The first-order valence-corrected chi connectivity index (χ1v) is 10.6.